The first kappa shape index (κ1) is 22.9. The fourth-order valence-electron chi connectivity index (χ4n) is 3.61. The van der Waals surface area contributed by atoms with E-state index in [1.807, 2.05) is 0 Å². The fourth-order valence-corrected chi connectivity index (χ4v) is 5.21. The molecule has 1 heterocycles. The van der Waals surface area contributed by atoms with Crippen LogP contribution in [0.15, 0.2) is 42.5 Å². The normalized spacial score (nSPS) is 19.1. The lowest BCUT2D eigenvalue weighted by molar-refractivity contribution is 0.0631. The quantitative estimate of drug-likeness (QED) is 0.555. The van der Waals surface area contributed by atoms with Gasteiger partial charge < -0.3 is 9.64 Å². The molecule has 1 saturated heterocycles. The first-order valence-corrected chi connectivity index (χ1v) is 11.9. The molecule has 1 fully saturated rings. The molecule has 1 aliphatic heterocycles. The average molecular weight is 472 g/mol. The van der Waals surface area contributed by atoms with Gasteiger partial charge in [-0.3, -0.25) is 8.98 Å². The third-order valence-electron chi connectivity index (χ3n) is 5.04. The molecule has 0 radical (unpaired) electrons. The van der Waals surface area contributed by atoms with Gasteiger partial charge in [0.15, 0.2) is 0 Å². The van der Waals surface area contributed by atoms with E-state index in [0.717, 1.165) is 0 Å². The third-order valence-corrected chi connectivity index (χ3v) is 7.26. The van der Waals surface area contributed by atoms with Crippen molar-refractivity contribution in [1.29, 1.82) is 0 Å². The maximum Gasteiger partial charge on any atom is 0.268 e. The topological polar surface area (TPSA) is 72.9 Å². The van der Waals surface area contributed by atoms with Crippen molar-refractivity contribution < 1.29 is 22.1 Å². The van der Waals surface area contributed by atoms with Gasteiger partial charge in [0.2, 0.25) is 0 Å². The standard InChI is InChI=1S/C21H23Cl2NO5S/c1-3-12-30(26,27)29-21(15-8-9-17(22)18(23)13-15)10-11-24(14-21)20(25)16-6-4-5-7-19(16)28-2/h4-9,13H,3,10-12,14H2,1-2H3. The van der Waals surface area contributed by atoms with Crippen molar-refractivity contribution in [3.05, 3.63) is 63.6 Å². The van der Waals surface area contributed by atoms with Crippen molar-refractivity contribution in [2.75, 3.05) is 26.0 Å². The number of methoxy groups -OCH3 is 1. The van der Waals surface area contributed by atoms with Gasteiger partial charge in [-0.1, -0.05) is 48.3 Å². The van der Waals surface area contributed by atoms with E-state index in [1.54, 1.807) is 54.3 Å². The number of hydrogen-bond donors (Lipinski definition) is 0. The number of halogens is 2. The van der Waals surface area contributed by atoms with Crippen molar-refractivity contribution in [3.8, 4) is 5.75 Å². The molecule has 9 heteroatoms. The summed E-state index contributed by atoms with van der Waals surface area (Å²) >= 11 is 12.2. The van der Waals surface area contributed by atoms with Crippen LogP contribution in [0.2, 0.25) is 10.0 Å². The van der Waals surface area contributed by atoms with Gasteiger partial charge >= 0.3 is 0 Å². The second-order valence-electron chi connectivity index (χ2n) is 7.15. The lowest BCUT2D eigenvalue weighted by Gasteiger charge is -2.30. The van der Waals surface area contributed by atoms with Gasteiger partial charge in [-0.05, 0) is 36.2 Å². The Balaban J connectivity index is 1.98. The largest absolute Gasteiger partial charge is 0.496 e. The molecule has 1 unspecified atom stereocenters. The van der Waals surface area contributed by atoms with Crippen LogP contribution in [0, 0.1) is 0 Å². The molecule has 1 atom stereocenters. The number of carbonyl (C=O) groups is 1. The van der Waals surface area contributed by atoms with Gasteiger partial charge in [0.05, 0.1) is 35.0 Å². The molecule has 1 aliphatic rings. The van der Waals surface area contributed by atoms with Crippen LogP contribution in [-0.4, -0.2) is 45.2 Å². The van der Waals surface area contributed by atoms with E-state index in [2.05, 4.69) is 0 Å². The summed E-state index contributed by atoms with van der Waals surface area (Å²) in [6.07, 6.45) is 0.721. The van der Waals surface area contributed by atoms with Crippen molar-refractivity contribution in [2.45, 2.75) is 25.4 Å². The van der Waals surface area contributed by atoms with E-state index >= 15 is 0 Å². The highest BCUT2D eigenvalue weighted by Crippen LogP contribution is 2.40. The monoisotopic (exact) mass is 471 g/mol. The number of amides is 1. The number of ether oxygens (including phenoxy) is 1. The highest BCUT2D eigenvalue weighted by molar-refractivity contribution is 7.86. The lowest BCUT2D eigenvalue weighted by Crippen LogP contribution is -2.38. The van der Waals surface area contributed by atoms with E-state index in [1.165, 1.54) is 7.11 Å². The summed E-state index contributed by atoms with van der Waals surface area (Å²) in [5, 5.41) is 0.645. The van der Waals surface area contributed by atoms with Crippen LogP contribution in [0.25, 0.3) is 0 Å². The summed E-state index contributed by atoms with van der Waals surface area (Å²) in [6, 6.07) is 11.8. The smallest absolute Gasteiger partial charge is 0.268 e. The number of para-hydroxylation sites is 1. The Morgan fingerprint density at radius 2 is 1.90 bits per heavy atom. The number of hydrogen-bond acceptors (Lipinski definition) is 5. The molecule has 2 aromatic carbocycles. The van der Waals surface area contributed by atoms with Crippen LogP contribution in [0.1, 0.15) is 35.7 Å². The Kier molecular flexibility index (Phi) is 6.97. The minimum atomic E-state index is -3.81. The molecule has 0 N–H and O–H groups in total. The average Bonchev–Trinajstić information content (AvgIpc) is 3.13. The van der Waals surface area contributed by atoms with E-state index in [9.17, 15) is 13.2 Å². The minimum absolute atomic E-state index is 0.0603. The predicted molar refractivity (Wildman–Crippen MR) is 117 cm³/mol. The molecule has 0 spiro atoms. The SMILES string of the molecule is CCCS(=O)(=O)OC1(c2ccc(Cl)c(Cl)c2)CCN(C(=O)c2ccccc2OC)C1. The maximum atomic E-state index is 13.2. The molecule has 1 amide bonds. The Hall–Kier alpha value is -1.80. The summed E-state index contributed by atoms with van der Waals surface area (Å²) in [5.41, 5.74) is -0.270. The second-order valence-corrected chi connectivity index (χ2v) is 9.65. The highest BCUT2D eigenvalue weighted by Gasteiger charge is 2.46. The number of benzene rings is 2. The third kappa shape index (κ3) is 4.75. The number of carbonyl (C=O) groups excluding carboxylic acids is 1. The van der Waals surface area contributed by atoms with Crippen molar-refractivity contribution in [2.24, 2.45) is 0 Å². The summed E-state index contributed by atoms with van der Waals surface area (Å²) in [7, 11) is -2.31. The maximum absolute atomic E-state index is 13.2. The Bertz CT molecular complexity index is 1040. The molecular formula is C21H23Cl2NO5S. The second kappa shape index (κ2) is 9.14. The van der Waals surface area contributed by atoms with Crippen LogP contribution >= 0.6 is 23.2 Å². The van der Waals surface area contributed by atoms with E-state index < -0.39 is 15.7 Å². The summed E-state index contributed by atoms with van der Waals surface area (Å²) in [5.74, 6) is 0.0798. The molecule has 0 saturated carbocycles. The van der Waals surface area contributed by atoms with Crippen molar-refractivity contribution in [3.63, 3.8) is 0 Å². The number of rotatable bonds is 7. The summed E-state index contributed by atoms with van der Waals surface area (Å²) < 4.78 is 36.1. The number of nitrogens with zero attached hydrogens (tertiary/aromatic N) is 1. The van der Waals surface area contributed by atoms with Crippen LogP contribution in [-0.2, 0) is 19.9 Å². The van der Waals surface area contributed by atoms with Crippen LogP contribution in [0.4, 0.5) is 0 Å². The molecular weight excluding hydrogens is 449 g/mol. The minimum Gasteiger partial charge on any atom is -0.496 e. The van der Waals surface area contributed by atoms with Crippen molar-refractivity contribution >= 4 is 39.2 Å². The Labute approximate surface area is 186 Å². The molecule has 30 heavy (non-hydrogen) atoms. The van der Waals surface area contributed by atoms with Crippen molar-refractivity contribution in [1.82, 2.24) is 4.90 Å². The van der Waals surface area contributed by atoms with Crippen LogP contribution in [0.5, 0.6) is 5.75 Å². The zero-order chi connectivity index (χ0) is 21.9. The molecule has 0 bridgehead atoms. The van der Waals surface area contributed by atoms with Crippen LogP contribution in [0.3, 0.4) is 0 Å². The molecule has 0 aromatic heterocycles. The zero-order valence-electron chi connectivity index (χ0n) is 16.7. The first-order chi connectivity index (χ1) is 14.2. The number of likely N-dealkylation sites (tertiary alicyclic amines) is 1. The van der Waals surface area contributed by atoms with Gasteiger partial charge in [0.25, 0.3) is 16.0 Å². The Morgan fingerprint density at radius 3 is 2.57 bits per heavy atom. The molecule has 162 valence electrons. The van der Waals surface area contributed by atoms with Gasteiger partial charge in [0.1, 0.15) is 11.4 Å². The van der Waals surface area contributed by atoms with Gasteiger partial charge in [0, 0.05) is 13.0 Å². The van der Waals surface area contributed by atoms with E-state index in [-0.39, 0.29) is 18.2 Å². The molecule has 6 nitrogen and oxygen atoms in total. The summed E-state index contributed by atoms with van der Waals surface area (Å²) in [4.78, 5) is 14.7. The fraction of sp³-hybridized carbons (Fsp3) is 0.381. The molecule has 0 aliphatic carbocycles. The van der Waals surface area contributed by atoms with E-state index in [4.69, 9.17) is 32.1 Å². The predicted octanol–water partition coefficient (Wildman–Crippen LogP) is 4.50. The van der Waals surface area contributed by atoms with Crippen LogP contribution < -0.4 is 4.74 Å². The highest BCUT2D eigenvalue weighted by atomic mass is 35.5. The zero-order valence-corrected chi connectivity index (χ0v) is 19.1. The first-order valence-electron chi connectivity index (χ1n) is 9.52. The Morgan fingerprint density at radius 1 is 1.17 bits per heavy atom. The lowest BCUT2D eigenvalue weighted by atomic mass is 9.93. The summed E-state index contributed by atoms with van der Waals surface area (Å²) in [6.45, 7) is 2.14. The molecule has 2 aromatic rings. The molecule has 3 rings (SSSR count). The van der Waals surface area contributed by atoms with Gasteiger partial charge in [-0.15, -0.1) is 0 Å². The van der Waals surface area contributed by atoms with E-state index in [0.29, 0.717) is 46.3 Å². The van der Waals surface area contributed by atoms with Gasteiger partial charge in [-0.2, -0.15) is 8.42 Å². The van der Waals surface area contributed by atoms with Gasteiger partial charge in [-0.25, -0.2) is 0 Å².